The maximum absolute atomic E-state index is 5.07. The molecule has 0 radical (unpaired) electrons. The smallest absolute Gasteiger partial charge is 0.174 e. The fourth-order valence-electron chi connectivity index (χ4n) is 0.916. The zero-order chi connectivity index (χ0) is 10.4. The van der Waals surface area contributed by atoms with Crippen LogP contribution in [0.25, 0.3) is 0 Å². The van der Waals surface area contributed by atoms with E-state index in [1.807, 2.05) is 18.7 Å². The molecule has 0 rings (SSSR count). The lowest BCUT2D eigenvalue weighted by Gasteiger charge is -2.29. The number of ether oxygens (including phenoxy) is 2. The fraction of sp³-hybridized carbons (Fsp3) is 0.875. The SMILES string of the molecule is COC(CN(C(=S)S)C(C)C)OC. The summed E-state index contributed by atoms with van der Waals surface area (Å²) in [5.41, 5.74) is 0. The molecule has 78 valence electrons. The van der Waals surface area contributed by atoms with Crippen LogP contribution in [0.4, 0.5) is 0 Å². The Kier molecular flexibility index (Phi) is 6.67. The van der Waals surface area contributed by atoms with Gasteiger partial charge in [-0.05, 0) is 13.8 Å². The lowest BCUT2D eigenvalue weighted by Crippen LogP contribution is -2.40. The van der Waals surface area contributed by atoms with Crippen LogP contribution in [0.1, 0.15) is 13.8 Å². The van der Waals surface area contributed by atoms with E-state index in [0.717, 1.165) is 0 Å². The number of methoxy groups -OCH3 is 2. The van der Waals surface area contributed by atoms with E-state index in [4.69, 9.17) is 21.7 Å². The van der Waals surface area contributed by atoms with Crippen LogP contribution < -0.4 is 0 Å². The normalized spacial score (nSPS) is 11.0. The Bertz CT molecular complexity index is 160. The Hall–Kier alpha value is 0.160. The third kappa shape index (κ3) is 4.81. The highest BCUT2D eigenvalue weighted by molar-refractivity contribution is 8.10. The summed E-state index contributed by atoms with van der Waals surface area (Å²) >= 11 is 9.12. The van der Waals surface area contributed by atoms with Crippen molar-refractivity contribution < 1.29 is 9.47 Å². The van der Waals surface area contributed by atoms with Crippen molar-refractivity contribution in [3.63, 3.8) is 0 Å². The molecular weight excluding hydrogens is 206 g/mol. The molecule has 0 amide bonds. The molecule has 0 atom stereocenters. The molecule has 0 aromatic carbocycles. The summed E-state index contributed by atoms with van der Waals surface area (Å²) in [5, 5.41) is 0. The third-order valence-electron chi connectivity index (χ3n) is 1.74. The predicted octanol–water partition coefficient (Wildman–Crippen LogP) is 1.53. The van der Waals surface area contributed by atoms with Gasteiger partial charge in [0.25, 0.3) is 0 Å². The van der Waals surface area contributed by atoms with Crippen LogP contribution in [-0.4, -0.2) is 42.3 Å². The average Bonchev–Trinajstić information content (AvgIpc) is 2.05. The molecule has 0 saturated carbocycles. The van der Waals surface area contributed by atoms with E-state index in [9.17, 15) is 0 Å². The van der Waals surface area contributed by atoms with Crippen molar-refractivity contribution in [2.75, 3.05) is 20.8 Å². The standard InChI is InChI=1S/C8H17NO2S2/c1-6(2)9(8(12)13)5-7(10-3)11-4/h6-7H,5H2,1-4H3,(H,12,13). The minimum atomic E-state index is -0.257. The summed E-state index contributed by atoms with van der Waals surface area (Å²) < 4.78 is 10.7. The van der Waals surface area contributed by atoms with Gasteiger partial charge >= 0.3 is 0 Å². The molecule has 0 spiro atoms. The number of hydrogen-bond acceptors (Lipinski definition) is 3. The van der Waals surface area contributed by atoms with Crippen LogP contribution in [0.5, 0.6) is 0 Å². The number of thiol groups is 1. The van der Waals surface area contributed by atoms with Crippen molar-refractivity contribution >= 4 is 29.2 Å². The van der Waals surface area contributed by atoms with E-state index in [0.29, 0.717) is 16.9 Å². The van der Waals surface area contributed by atoms with Crippen LogP contribution in [0.3, 0.4) is 0 Å². The molecule has 0 aromatic rings. The highest BCUT2D eigenvalue weighted by Gasteiger charge is 2.16. The molecule has 3 nitrogen and oxygen atoms in total. The summed E-state index contributed by atoms with van der Waals surface area (Å²) in [6.45, 7) is 4.70. The second-order valence-corrected chi connectivity index (χ2v) is 4.04. The van der Waals surface area contributed by atoms with Crippen LogP contribution in [-0.2, 0) is 9.47 Å². The monoisotopic (exact) mass is 223 g/mol. The first-order valence-corrected chi connectivity index (χ1v) is 4.93. The lowest BCUT2D eigenvalue weighted by atomic mass is 10.3. The summed E-state index contributed by atoms with van der Waals surface area (Å²) in [6.07, 6.45) is -0.257. The van der Waals surface area contributed by atoms with Gasteiger partial charge in [0.15, 0.2) is 6.29 Å². The first-order chi connectivity index (χ1) is 6.02. The van der Waals surface area contributed by atoms with Gasteiger partial charge in [0.2, 0.25) is 0 Å². The zero-order valence-electron chi connectivity index (χ0n) is 8.48. The molecule has 0 unspecified atom stereocenters. The second-order valence-electron chi connectivity index (χ2n) is 2.93. The van der Waals surface area contributed by atoms with E-state index in [-0.39, 0.29) is 6.29 Å². The molecule has 0 heterocycles. The maximum Gasteiger partial charge on any atom is 0.174 e. The fourth-order valence-corrected chi connectivity index (χ4v) is 1.51. The van der Waals surface area contributed by atoms with Crippen molar-refractivity contribution in [1.29, 1.82) is 0 Å². The third-order valence-corrected chi connectivity index (χ3v) is 2.23. The van der Waals surface area contributed by atoms with E-state index in [2.05, 4.69) is 12.6 Å². The van der Waals surface area contributed by atoms with Gasteiger partial charge in [-0.15, -0.1) is 12.6 Å². The minimum Gasteiger partial charge on any atom is -0.354 e. The van der Waals surface area contributed by atoms with Gasteiger partial charge in [-0.3, -0.25) is 0 Å². The maximum atomic E-state index is 5.07. The minimum absolute atomic E-state index is 0.257. The van der Waals surface area contributed by atoms with Gasteiger partial charge in [-0.2, -0.15) is 0 Å². The lowest BCUT2D eigenvalue weighted by molar-refractivity contribution is -0.110. The second kappa shape index (κ2) is 6.59. The Morgan fingerprint density at radius 3 is 2.08 bits per heavy atom. The molecule has 0 aliphatic rings. The van der Waals surface area contributed by atoms with Crippen LogP contribution in [0.15, 0.2) is 0 Å². The van der Waals surface area contributed by atoms with Crippen molar-refractivity contribution in [2.45, 2.75) is 26.2 Å². The highest BCUT2D eigenvalue weighted by atomic mass is 32.1. The first-order valence-electron chi connectivity index (χ1n) is 4.08. The van der Waals surface area contributed by atoms with E-state index in [1.165, 1.54) is 0 Å². The number of nitrogens with zero attached hydrogens (tertiary/aromatic N) is 1. The molecule has 0 aliphatic heterocycles. The Morgan fingerprint density at radius 1 is 1.38 bits per heavy atom. The van der Waals surface area contributed by atoms with E-state index in [1.54, 1.807) is 14.2 Å². The topological polar surface area (TPSA) is 21.7 Å². The number of rotatable bonds is 5. The largest absolute Gasteiger partial charge is 0.354 e. The van der Waals surface area contributed by atoms with Crippen LogP contribution in [0, 0.1) is 0 Å². The van der Waals surface area contributed by atoms with Crippen LogP contribution >= 0.6 is 24.8 Å². The van der Waals surface area contributed by atoms with Gasteiger partial charge in [-0.1, -0.05) is 12.2 Å². The Morgan fingerprint density at radius 2 is 1.85 bits per heavy atom. The molecule has 0 bridgehead atoms. The molecule has 0 aromatic heterocycles. The van der Waals surface area contributed by atoms with Crippen LogP contribution in [0.2, 0.25) is 0 Å². The Balaban J connectivity index is 4.16. The van der Waals surface area contributed by atoms with Gasteiger partial charge in [-0.25, -0.2) is 0 Å². The summed E-state index contributed by atoms with van der Waals surface area (Å²) in [4.78, 5) is 1.94. The average molecular weight is 223 g/mol. The molecule has 0 aliphatic carbocycles. The molecule has 5 heteroatoms. The summed E-state index contributed by atoms with van der Waals surface area (Å²) in [7, 11) is 3.21. The quantitative estimate of drug-likeness (QED) is 0.433. The first kappa shape index (κ1) is 13.2. The van der Waals surface area contributed by atoms with Gasteiger partial charge in [0.05, 0.1) is 6.54 Å². The van der Waals surface area contributed by atoms with Crippen molar-refractivity contribution in [3.8, 4) is 0 Å². The van der Waals surface area contributed by atoms with E-state index >= 15 is 0 Å². The predicted molar refractivity (Wildman–Crippen MR) is 61.2 cm³/mol. The molecule has 0 N–H and O–H groups in total. The molecule has 13 heavy (non-hydrogen) atoms. The highest BCUT2D eigenvalue weighted by Crippen LogP contribution is 2.06. The van der Waals surface area contributed by atoms with Crippen molar-refractivity contribution in [2.24, 2.45) is 0 Å². The van der Waals surface area contributed by atoms with E-state index < -0.39 is 0 Å². The number of thiocarbonyl (C=S) groups is 1. The van der Waals surface area contributed by atoms with Crippen molar-refractivity contribution in [1.82, 2.24) is 4.90 Å². The number of hydrogen-bond donors (Lipinski definition) is 1. The molecule has 0 fully saturated rings. The Labute approximate surface area is 90.8 Å². The summed E-state index contributed by atoms with van der Waals surface area (Å²) in [5.74, 6) is 0. The molecule has 0 saturated heterocycles. The molecular formula is C8H17NO2S2. The van der Waals surface area contributed by atoms with Crippen molar-refractivity contribution in [3.05, 3.63) is 0 Å². The van der Waals surface area contributed by atoms with Gasteiger partial charge in [0.1, 0.15) is 4.32 Å². The van der Waals surface area contributed by atoms with Gasteiger partial charge in [0, 0.05) is 20.3 Å². The van der Waals surface area contributed by atoms with Gasteiger partial charge < -0.3 is 14.4 Å². The summed E-state index contributed by atoms with van der Waals surface area (Å²) in [6, 6.07) is 0.304. The zero-order valence-corrected chi connectivity index (χ0v) is 10.2.